The van der Waals surface area contributed by atoms with E-state index < -0.39 is 0 Å². The van der Waals surface area contributed by atoms with E-state index in [0.29, 0.717) is 6.61 Å². The lowest BCUT2D eigenvalue weighted by molar-refractivity contribution is 0.0828. The molecular formula is C11H11BrO2. The quantitative estimate of drug-likeness (QED) is 0.759. The van der Waals surface area contributed by atoms with Gasteiger partial charge >= 0.3 is 0 Å². The Hall–Kier alpha value is -0.830. The molecule has 74 valence electrons. The van der Waals surface area contributed by atoms with Gasteiger partial charge in [0.15, 0.2) is 5.78 Å². The van der Waals surface area contributed by atoms with Gasteiger partial charge in [-0.3, -0.25) is 4.79 Å². The number of ether oxygens (including phenoxy) is 1. The second-order valence-electron chi connectivity index (χ2n) is 3.35. The number of rotatable bonds is 2. The van der Waals surface area contributed by atoms with Crippen molar-refractivity contribution >= 4 is 21.7 Å². The molecule has 1 aromatic rings. The molecule has 0 saturated heterocycles. The molecule has 0 bridgehead atoms. The molecular weight excluding hydrogens is 244 g/mol. The van der Waals surface area contributed by atoms with Crippen molar-refractivity contribution in [1.29, 1.82) is 0 Å². The summed E-state index contributed by atoms with van der Waals surface area (Å²) in [4.78, 5) is 11.9. The zero-order valence-corrected chi connectivity index (χ0v) is 9.29. The smallest absolute Gasteiger partial charge is 0.173 e. The Morgan fingerprint density at radius 3 is 3.00 bits per heavy atom. The largest absolute Gasteiger partial charge is 0.492 e. The molecule has 1 aliphatic rings. The number of hydrogen-bond donors (Lipinski definition) is 0. The molecule has 1 heterocycles. The van der Waals surface area contributed by atoms with E-state index in [1.165, 1.54) is 0 Å². The molecule has 14 heavy (non-hydrogen) atoms. The second-order valence-corrected chi connectivity index (χ2v) is 4.14. The minimum Gasteiger partial charge on any atom is -0.492 e. The van der Waals surface area contributed by atoms with E-state index in [1.807, 2.05) is 24.3 Å². The minimum atomic E-state index is 0.0178. The van der Waals surface area contributed by atoms with Crippen molar-refractivity contribution in [2.24, 2.45) is 5.92 Å². The first kappa shape index (κ1) is 9.71. The second kappa shape index (κ2) is 4.13. The average molecular weight is 255 g/mol. The van der Waals surface area contributed by atoms with Crippen LogP contribution in [0.4, 0.5) is 0 Å². The molecule has 0 spiro atoms. The lowest BCUT2D eigenvalue weighted by Crippen LogP contribution is -2.27. The van der Waals surface area contributed by atoms with Gasteiger partial charge in [0.1, 0.15) is 5.75 Å². The highest BCUT2D eigenvalue weighted by molar-refractivity contribution is 9.09. The van der Waals surface area contributed by atoms with Gasteiger partial charge in [0, 0.05) is 5.33 Å². The molecule has 2 nitrogen and oxygen atoms in total. The van der Waals surface area contributed by atoms with E-state index in [2.05, 4.69) is 15.9 Å². The van der Waals surface area contributed by atoms with Gasteiger partial charge < -0.3 is 4.74 Å². The zero-order valence-electron chi connectivity index (χ0n) is 7.70. The predicted molar refractivity (Wildman–Crippen MR) is 58.2 cm³/mol. The Morgan fingerprint density at radius 1 is 1.43 bits per heavy atom. The van der Waals surface area contributed by atoms with Crippen molar-refractivity contribution in [3.8, 4) is 5.75 Å². The Labute approximate surface area is 91.4 Å². The normalized spacial score (nSPS) is 20.1. The van der Waals surface area contributed by atoms with E-state index in [-0.39, 0.29) is 11.7 Å². The molecule has 1 unspecified atom stereocenters. The molecule has 0 radical (unpaired) electrons. The molecule has 1 atom stereocenters. The number of para-hydroxylation sites is 1. The fourth-order valence-corrected chi connectivity index (χ4v) is 2.18. The van der Waals surface area contributed by atoms with Crippen LogP contribution in [-0.2, 0) is 0 Å². The minimum absolute atomic E-state index is 0.0178. The number of carbonyl (C=O) groups excluding carboxylic acids is 1. The first-order valence-electron chi connectivity index (χ1n) is 4.65. The van der Waals surface area contributed by atoms with Crippen LogP contribution in [0.2, 0.25) is 0 Å². The number of fused-ring (bicyclic) bond motifs is 1. The third kappa shape index (κ3) is 1.69. The van der Waals surface area contributed by atoms with Crippen LogP contribution in [0.3, 0.4) is 0 Å². The SMILES string of the molecule is O=C1c2ccccc2OCC1CCBr. The van der Waals surface area contributed by atoms with E-state index in [9.17, 15) is 4.79 Å². The van der Waals surface area contributed by atoms with Crippen molar-refractivity contribution in [3.63, 3.8) is 0 Å². The third-order valence-electron chi connectivity index (χ3n) is 2.42. The lowest BCUT2D eigenvalue weighted by atomic mass is 9.93. The molecule has 0 amide bonds. The van der Waals surface area contributed by atoms with Crippen molar-refractivity contribution in [2.75, 3.05) is 11.9 Å². The maximum Gasteiger partial charge on any atom is 0.173 e. The Balaban J connectivity index is 2.27. The number of halogens is 1. The fourth-order valence-electron chi connectivity index (χ4n) is 1.63. The topological polar surface area (TPSA) is 26.3 Å². The highest BCUT2D eigenvalue weighted by Gasteiger charge is 2.27. The third-order valence-corrected chi connectivity index (χ3v) is 2.88. The lowest BCUT2D eigenvalue weighted by Gasteiger charge is -2.23. The first-order valence-corrected chi connectivity index (χ1v) is 5.77. The van der Waals surface area contributed by atoms with E-state index in [1.54, 1.807) is 0 Å². The van der Waals surface area contributed by atoms with Crippen LogP contribution in [0.5, 0.6) is 5.75 Å². The van der Waals surface area contributed by atoms with Gasteiger partial charge in [0.05, 0.1) is 18.1 Å². The van der Waals surface area contributed by atoms with Crippen LogP contribution in [0.25, 0.3) is 0 Å². The number of carbonyl (C=O) groups is 1. The summed E-state index contributed by atoms with van der Waals surface area (Å²) in [6.07, 6.45) is 0.840. The van der Waals surface area contributed by atoms with E-state index in [4.69, 9.17) is 4.74 Å². The molecule has 0 aliphatic carbocycles. The highest BCUT2D eigenvalue weighted by atomic mass is 79.9. The summed E-state index contributed by atoms with van der Waals surface area (Å²) >= 11 is 3.34. The number of alkyl halides is 1. The van der Waals surface area contributed by atoms with Crippen LogP contribution in [-0.4, -0.2) is 17.7 Å². The number of ketones is 1. The maximum absolute atomic E-state index is 11.9. The van der Waals surface area contributed by atoms with Crippen LogP contribution in [0, 0.1) is 5.92 Å². The molecule has 1 aromatic carbocycles. The zero-order chi connectivity index (χ0) is 9.97. The van der Waals surface area contributed by atoms with Gasteiger partial charge in [-0.05, 0) is 18.6 Å². The van der Waals surface area contributed by atoms with Crippen LogP contribution >= 0.6 is 15.9 Å². The van der Waals surface area contributed by atoms with Crippen molar-refractivity contribution in [1.82, 2.24) is 0 Å². The monoisotopic (exact) mass is 254 g/mol. The first-order chi connectivity index (χ1) is 6.83. The standard InChI is InChI=1S/C11H11BrO2/c12-6-5-8-7-14-10-4-2-1-3-9(10)11(8)13/h1-4,8H,5-7H2. The van der Waals surface area contributed by atoms with Gasteiger partial charge in [-0.15, -0.1) is 0 Å². The van der Waals surface area contributed by atoms with Crippen LogP contribution < -0.4 is 4.74 Å². The summed E-state index contributed by atoms with van der Waals surface area (Å²) in [5.74, 6) is 0.957. The Morgan fingerprint density at radius 2 is 2.21 bits per heavy atom. The van der Waals surface area contributed by atoms with Crippen molar-refractivity contribution < 1.29 is 9.53 Å². The maximum atomic E-state index is 11.9. The summed E-state index contributed by atoms with van der Waals surface area (Å²) in [7, 11) is 0. The molecule has 0 saturated carbocycles. The van der Waals surface area contributed by atoms with Crippen LogP contribution in [0.15, 0.2) is 24.3 Å². The Kier molecular flexibility index (Phi) is 2.87. The summed E-state index contributed by atoms with van der Waals surface area (Å²) in [6.45, 7) is 0.515. The molecule has 1 aliphatic heterocycles. The number of benzene rings is 1. The summed E-state index contributed by atoms with van der Waals surface area (Å²) in [5, 5.41) is 0.842. The molecule has 0 N–H and O–H groups in total. The summed E-state index contributed by atoms with van der Waals surface area (Å²) < 4.78 is 5.52. The molecule has 3 heteroatoms. The van der Waals surface area contributed by atoms with Crippen LogP contribution in [0.1, 0.15) is 16.8 Å². The van der Waals surface area contributed by atoms with Crippen molar-refractivity contribution in [2.45, 2.75) is 6.42 Å². The molecule has 0 aromatic heterocycles. The average Bonchev–Trinajstić information content (AvgIpc) is 2.23. The van der Waals surface area contributed by atoms with Crippen molar-refractivity contribution in [3.05, 3.63) is 29.8 Å². The van der Waals surface area contributed by atoms with Gasteiger partial charge in [-0.1, -0.05) is 28.1 Å². The van der Waals surface area contributed by atoms with Gasteiger partial charge in [0.25, 0.3) is 0 Å². The summed E-state index contributed by atoms with van der Waals surface area (Å²) in [5.41, 5.74) is 0.727. The van der Waals surface area contributed by atoms with E-state index >= 15 is 0 Å². The number of Topliss-reactive ketones (excluding diaryl/α,β-unsaturated/α-hetero) is 1. The summed E-state index contributed by atoms with van der Waals surface area (Å²) in [6, 6.07) is 7.43. The number of hydrogen-bond acceptors (Lipinski definition) is 2. The molecule has 0 fully saturated rings. The Bertz CT molecular complexity index is 349. The van der Waals surface area contributed by atoms with Gasteiger partial charge in [-0.25, -0.2) is 0 Å². The highest BCUT2D eigenvalue weighted by Crippen LogP contribution is 2.28. The van der Waals surface area contributed by atoms with Gasteiger partial charge in [-0.2, -0.15) is 0 Å². The van der Waals surface area contributed by atoms with Gasteiger partial charge in [0.2, 0.25) is 0 Å². The fraction of sp³-hybridized carbons (Fsp3) is 0.364. The molecule has 2 rings (SSSR count). The van der Waals surface area contributed by atoms with E-state index in [0.717, 1.165) is 23.1 Å². The predicted octanol–water partition coefficient (Wildman–Crippen LogP) is 2.66.